The van der Waals surface area contributed by atoms with Crippen molar-refractivity contribution in [3.63, 3.8) is 0 Å². The van der Waals surface area contributed by atoms with Crippen molar-refractivity contribution in [2.75, 3.05) is 0 Å². The second kappa shape index (κ2) is 4.37. The molecule has 3 rings (SSSR count). The van der Waals surface area contributed by atoms with Crippen LogP contribution in [0.4, 0.5) is 0 Å². The Labute approximate surface area is 103 Å². The molecule has 5 nitrogen and oxygen atoms in total. The number of nitrogens with zero attached hydrogens (tertiary/aromatic N) is 1. The first-order chi connectivity index (χ1) is 8.83. The number of hydrogen-bond donors (Lipinski definition) is 3. The highest BCUT2D eigenvalue weighted by Crippen LogP contribution is 2.12. The largest absolute Gasteiger partial charge is 0.364 e. The van der Waals surface area contributed by atoms with Gasteiger partial charge in [0, 0.05) is 22.8 Å². The average molecular weight is 240 g/mol. The summed E-state index contributed by atoms with van der Waals surface area (Å²) in [5.41, 5.74) is 2.54. The Morgan fingerprint density at radius 1 is 1.33 bits per heavy atom. The fourth-order valence-corrected chi connectivity index (χ4v) is 1.84. The molecule has 0 aliphatic heterocycles. The molecule has 1 aromatic carbocycles. The van der Waals surface area contributed by atoms with E-state index in [1.54, 1.807) is 12.3 Å². The molecule has 0 aliphatic rings. The van der Waals surface area contributed by atoms with Gasteiger partial charge in [0.25, 0.3) is 5.91 Å². The summed E-state index contributed by atoms with van der Waals surface area (Å²) in [6.45, 7) is 0.495. The average Bonchev–Trinajstić information content (AvgIpc) is 3.05. The lowest BCUT2D eigenvalue weighted by Crippen LogP contribution is -2.22. The molecule has 3 aromatic rings. The SMILES string of the molecule is O=C(NCc1ccc[nH]1)c1ccc2[nH]ncc2c1. The third-order valence-electron chi connectivity index (χ3n) is 2.80. The van der Waals surface area contributed by atoms with Crippen molar-refractivity contribution in [1.29, 1.82) is 0 Å². The molecule has 18 heavy (non-hydrogen) atoms. The molecular weight excluding hydrogens is 228 g/mol. The molecule has 0 saturated carbocycles. The van der Waals surface area contributed by atoms with Crippen molar-refractivity contribution in [2.24, 2.45) is 0 Å². The monoisotopic (exact) mass is 240 g/mol. The van der Waals surface area contributed by atoms with Gasteiger partial charge in [0.05, 0.1) is 18.3 Å². The summed E-state index contributed by atoms with van der Waals surface area (Å²) in [6, 6.07) is 9.29. The third kappa shape index (κ3) is 1.98. The first kappa shape index (κ1) is 10.6. The van der Waals surface area contributed by atoms with Gasteiger partial charge in [-0.1, -0.05) is 0 Å². The smallest absolute Gasteiger partial charge is 0.251 e. The number of hydrogen-bond acceptors (Lipinski definition) is 2. The molecule has 0 fully saturated rings. The van der Waals surface area contributed by atoms with E-state index >= 15 is 0 Å². The van der Waals surface area contributed by atoms with Crippen molar-refractivity contribution < 1.29 is 4.79 Å². The van der Waals surface area contributed by atoms with Gasteiger partial charge in [-0.2, -0.15) is 5.10 Å². The van der Waals surface area contributed by atoms with Crippen LogP contribution in [0, 0.1) is 0 Å². The molecule has 2 aromatic heterocycles. The third-order valence-corrected chi connectivity index (χ3v) is 2.80. The van der Waals surface area contributed by atoms with Crippen LogP contribution in [-0.2, 0) is 6.54 Å². The zero-order valence-electron chi connectivity index (χ0n) is 9.60. The van der Waals surface area contributed by atoms with Crippen LogP contribution in [-0.4, -0.2) is 21.1 Å². The molecule has 5 heteroatoms. The zero-order valence-corrected chi connectivity index (χ0v) is 9.60. The predicted molar refractivity (Wildman–Crippen MR) is 68.1 cm³/mol. The van der Waals surface area contributed by atoms with E-state index in [2.05, 4.69) is 20.5 Å². The summed E-state index contributed by atoms with van der Waals surface area (Å²) in [6.07, 6.45) is 3.54. The first-order valence-corrected chi connectivity index (χ1v) is 5.66. The van der Waals surface area contributed by atoms with E-state index in [1.807, 2.05) is 30.5 Å². The van der Waals surface area contributed by atoms with Crippen LogP contribution in [0.15, 0.2) is 42.7 Å². The number of H-pyrrole nitrogens is 2. The van der Waals surface area contributed by atoms with Crippen LogP contribution in [0.1, 0.15) is 16.1 Å². The van der Waals surface area contributed by atoms with Gasteiger partial charge in [-0.05, 0) is 30.3 Å². The van der Waals surface area contributed by atoms with Crippen LogP contribution >= 0.6 is 0 Å². The lowest BCUT2D eigenvalue weighted by Gasteiger charge is -2.03. The van der Waals surface area contributed by atoms with E-state index in [1.165, 1.54) is 0 Å². The summed E-state index contributed by atoms with van der Waals surface area (Å²) in [7, 11) is 0. The summed E-state index contributed by atoms with van der Waals surface area (Å²) in [5.74, 6) is -0.0901. The number of aromatic amines is 2. The maximum atomic E-state index is 11.9. The van der Waals surface area contributed by atoms with E-state index < -0.39 is 0 Å². The van der Waals surface area contributed by atoms with Gasteiger partial charge in [0.15, 0.2) is 0 Å². The molecule has 90 valence electrons. The van der Waals surface area contributed by atoms with Crippen LogP contribution < -0.4 is 5.32 Å². The standard InChI is InChI=1S/C13H12N4O/c18-13(15-8-11-2-1-5-14-11)9-3-4-12-10(6-9)7-16-17-12/h1-7,14H,8H2,(H,15,18)(H,16,17). The Bertz CT molecular complexity index is 669. The minimum atomic E-state index is -0.0901. The van der Waals surface area contributed by atoms with Crippen LogP contribution in [0.3, 0.4) is 0 Å². The molecule has 0 bridgehead atoms. The summed E-state index contributed by atoms with van der Waals surface area (Å²) < 4.78 is 0. The van der Waals surface area contributed by atoms with E-state index in [0.29, 0.717) is 12.1 Å². The van der Waals surface area contributed by atoms with E-state index in [4.69, 9.17) is 0 Å². The van der Waals surface area contributed by atoms with Gasteiger partial charge in [0.1, 0.15) is 0 Å². The number of carbonyl (C=O) groups is 1. The molecule has 0 saturated heterocycles. The molecule has 0 spiro atoms. The zero-order chi connectivity index (χ0) is 12.4. The summed E-state index contributed by atoms with van der Waals surface area (Å²) in [5, 5.41) is 10.6. The number of benzene rings is 1. The van der Waals surface area contributed by atoms with Gasteiger partial charge in [0.2, 0.25) is 0 Å². The van der Waals surface area contributed by atoms with Crippen molar-refractivity contribution in [2.45, 2.75) is 6.54 Å². The molecule has 2 heterocycles. The highest BCUT2D eigenvalue weighted by atomic mass is 16.1. The van der Waals surface area contributed by atoms with Crippen LogP contribution in [0.5, 0.6) is 0 Å². The first-order valence-electron chi connectivity index (χ1n) is 5.66. The number of nitrogens with one attached hydrogen (secondary N) is 3. The highest BCUT2D eigenvalue weighted by Gasteiger charge is 2.06. The van der Waals surface area contributed by atoms with Crippen molar-refractivity contribution in [3.8, 4) is 0 Å². The van der Waals surface area contributed by atoms with Gasteiger partial charge >= 0.3 is 0 Å². The molecule has 3 N–H and O–H groups in total. The fraction of sp³-hybridized carbons (Fsp3) is 0.0769. The molecule has 0 atom stereocenters. The maximum Gasteiger partial charge on any atom is 0.251 e. The minimum absolute atomic E-state index is 0.0901. The van der Waals surface area contributed by atoms with Crippen LogP contribution in [0.25, 0.3) is 10.9 Å². The van der Waals surface area contributed by atoms with E-state index in [9.17, 15) is 4.79 Å². The van der Waals surface area contributed by atoms with Gasteiger partial charge in [-0.25, -0.2) is 0 Å². The lowest BCUT2D eigenvalue weighted by molar-refractivity contribution is 0.0950. The fourth-order valence-electron chi connectivity index (χ4n) is 1.84. The highest BCUT2D eigenvalue weighted by molar-refractivity contribution is 5.97. The van der Waals surface area contributed by atoms with Crippen molar-refractivity contribution in [1.82, 2.24) is 20.5 Å². The van der Waals surface area contributed by atoms with Crippen molar-refractivity contribution >= 4 is 16.8 Å². The Hall–Kier alpha value is -2.56. The van der Waals surface area contributed by atoms with Gasteiger partial charge < -0.3 is 10.3 Å². The maximum absolute atomic E-state index is 11.9. The lowest BCUT2D eigenvalue weighted by atomic mass is 10.1. The molecular formula is C13H12N4O. The predicted octanol–water partition coefficient (Wildman–Crippen LogP) is 1.82. The Balaban J connectivity index is 1.75. The Morgan fingerprint density at radius 3 is 3.11 bits per heavy atom. The number of fused-ring (bicyclic) bond motifs is 1. The summed E-state index contributed by atoms with van der Waals surface area (Å²) in [4.78, 5) is 15.0. The molecule has 0 aliphatic carbocycles. The number of amides is 1. The van der Waals surface area contributed by atoms with Crippen LogP contribution in [0.2, 0.25) is 0 Å². The molecule has 0 radical (unpaired) electrons. The Morgan fingerprint density at radius 2 is 2.28 bits per heavy atom. The van der Waals surface area contributed by atoms with Crippen molar-refractivity contribution in [3.05, 3.63) is 54.0 Å². The molecule has 1 amide bonds. The number of rotatable bonds is 3. The second-order valence-corrected chi connectivity index (χ2v) is 4.05. The van der Waals surface area contributed by atoms with E-state index in [0.717, 1.165) is 16.6 Å². The Kier molecular flexibility index (Phi) is 2.57. The second-order valence-electron chi connectivity index (χ2n) is 4.05. The number of carbonyl (C=O) groups excluding carboxylic acids is 1. The number of aromatic nitrogens is 3. The topological polar surface area (TPSA) is 73.6 Å². The van der Waals surface area contributed by atoms with Gasteiger partial charge in [-0.15, -0.1) is 0 Å². The normalized spacial score (nSPS) is 10.7. The van der Waals surface area contributed by atoms with E-state index in [-0.39, 0.29) is 5.91 Å². The quantitative estimate of drug-likeness (QED) is 0.653. The van der Waals surface area contributed by atoms with Gasteiger partial charge in [-0.3, -0.25) is 9.89 Å². The summed E-state index contributed by atoms with van der Waals surface area (Å²) >= 11 is 0. The molecule has 0 unspecified atom stereocenters. The minimum Gasteiger partial charge on any atom is -0.364 e.